The lowest BCUT2D eigenvalue weighted by Crippen LogP contribution is -2.46. The highest BCUT2D eigenvalue weighted by Crippen LogP contribution is 2.17. The monoisotopic (exact) mass is 874 g/mol. The number of nitrogens with one attached hydrogen (secondary N) is 1. The van der Waals surface area contributed by atoms with Gasteiger partial charge in [-0.05, 0) is 83.5 Å². The van der Waals surface area contributed by atoms with Crippen molar-refractivity contribution in [1.29, 1.82) is 0 Å². The van der Waals surface area contributed by atoms with E-state index in [4.69, 9.17) is 4.74 Å². The molecule has 0 aliphatic carbocycles. The molecule has 3 N–H and O–H groups in total. The number of hydrogen-bond donors (Lipinski definition) is 3. The third-order valence-electron chi connectivity index (χ3n) is 10.9. The topological polar surface area (TPSA) is 95.9 Å². The number of rotatable bonds is 44. The van der Waals surface area contributed by atoms with E-state index in [2.05, 4.69) is 99.0 Å². The van der Waals surface area contributed by atoms with Gasteiger partial charge in [-0.1, -0.05) is 226 Å². The van der Waals surface area contributed by atoms with E-state index >= 15 is 0 Å². The summed E-state index contributed by atoms with van der Waals surface area (Å²) in [7, 11) is 0. The summed E-state index contributed by atoms with van der Waals surface area (Å²) in [6, 6.07) is -0.729. The normalized spacial score (nSPS) is 14.2. The highest BCUT2D eigenvalue weighted by molar-refractivity contribution is 5.77. The molecule has 0 spiro atoms. The predicted molar refractivity (Wildman–Crippen MR) is 273 cm³/mol. The Labute approximate surface area is 388 Å². The molecule has 0 aromatic heterocycles. The molecule has 358 valence electrons. The zero-order valence-corrected chi connectivity index (χ0v) is 40.7. The van der Waals surface area contributed by atoms with Crippen LogP contribution in [0.25, 0.3) is 0 Å². The Morgan fingerprint density at radius 3 is 1.51 bits per heavy atom. The first-order chi connectivity index (χ1) is 31.0. The van der Waals surface area contributed by atoms with Crippen LogP contribution in [-0.2, 0) is 14.3 Å². The molecule has 1 amide bonds. The molecular formula is C57H95NO5. The molecule has 3 unspecified atom stereocenters. The van der Waals surface area contributed by atoms with Crippen molar-refractivity contribution in [3.05, 3.63) is 109 Å². The summed E-state index contributed by atoms with van der Waals surface area (Å²) in [6.45, 7) is 6.25. The van der Waals surface area contributed by atoms with Crippen molar-refractivity contribution < 1.29 is 24.5 Å². The fourth-order valence-electron chi connectivity index (χ4n) is 7.10. The van der Waals surface area contributed by atoms with Gasteiger partial charge in [-0.3, -0.25) is 9.59 Å². The molecule has 6 heteroatoms. The first-order valence-electron chi connectivity index (χ1n) is 25.7. The predicted octanol–water partition coefficient (Wildman–Crippen LogP) is 15.5. The maximum Gasteiger partial charge on any atom is 0.306 e. The molecular weight excluding hydrogens is 779 g/mol. The number of ether oxygens (including phenoxy) is 1. The van der Waals surface area contributed by atoms with Crippen LogP contribution < -0.4 is 5.32 Å². The highest BCUT2D eigenvalue weighted by atomic mass is 16.5. The van der Waals surface area contributed by atoms with E-state index in [9.17, 15) is 19.8 Å². The van der Waals surface area contributed by atoms with Crippen molar-refractivity contribution in [3.63, 3.8) is 0 Å². The van der Waals surface area contributed by atoms with Crippen molar-refractivity contribution in [1.82, 2.24) is 5.32 Å². The lowest BCUT2D eigenvalue weighted by atomic mass is 10.0. The third-order valence-corrected chi connectivity index (χ3v) is 10.9. The van der Waals surface area contributed by atoms with Gasteiger partial charge in [0.05, 0.1) is 25.2 Å². The number of esters is 1. The van der Waals surface area contributed by atoms with Crippen LogP contribution in [0.15, 0.2) is 109 Å². The quantitative estimate of drug-likeness (QED) is 0.0245. The maximum atomic E-state index is 13.2. The van der Waals surface area contributed by atoms with E-state index in [0.29, 0.717) is 19.3 Å². The van der Waals surface area contributed by atoms with Crippen molar-refractivity contribution in [3.8, 4) is 0 Å². The summed E-state index contributed by atoms with van der Waals surface area (Å²) in [5.74, 6) is -0.562. The zero-order chi connectivity index (χ0) is 45.9. The molecule has 0 rings (SSSR count). The van der Waals surface area contributed by atoms with E-state index in [1.807, 2.05) is 36.5 Å². The van der Waals surface area contributed by atoms with Crippen LogP contribution >= 0.6 is 0 Å². The van der Waals surface area contributed by atoms with Crippen LogP contribution in [0.4, 0.5) is 0 Å². The molecule has 3 atom stereocenters. The van der Waals surface area contributed by atoms with E-state index in [-0.39, 0.29) is 24.9 Å². The van der Waals surface area contributed by atoms with E-state index in [1.54, 1.807) is 0 Å². The van der Waals surface area contributed by atoms with Crippen molar-refractivity contribution in [2.45, 2.75) is 232 Å². The van der Waals surface area contributed by atoms with E-state index < -0.39 is 18.2 Å². The number of allylic oxidation sites excluding steroid dienone is 18. The molecule has 0 aromatic carbocycles. The van der Waals surface area contributed by atoms with Gasteiger partial charge in [0.2, 0.25) is 5.91 Å². The van der Waals surface area contributed by atoms with E-state index in [1.165, 1.54) is 57.8 Å². The molecule has 63 heavy (non-hydrogen) atoms. The van der Waals surface area contributed by atoms with Crippen LogP contribution in [0.3, 0.4) is 0 Å². The Balaban J connectivity index is 4.78. The minimum atomic E-state index is -0.812. The standard InChI is InChI=1S/C57H95NO5/c1-4-7-10-13-16-19-22-25-27-29-31-33-36-39-42-45-48-53(63-57(62)50-47-44-41-38-35-32-30-28-26-23-20-17-14-11-8-5-2)51-56(61)58-54(52-59)55(60)49-46-43-40-37-34-24-21-18-15-12-9-6-3/h8,10-11,13,16-17,19-20,22,25-29,31-33,35,53-55,59-60H,4-7,9,12,14-15,18,21,23-24,30,34,36-52H2,1-3H3,(H,58,61)/b11-8+,13-10+,19-16+,20-17+,25-22+,28-26+,29-27+,33-31+,35-32+. The summed E-state index contributed by atoms with van der Waals surface area (Å²) in [5, 5.41) is 23.7. The second-order valence-electron chi connectivity index (χ2n) is 17.0. The fourth-order valence-corrected chi connectivity index (χ4v) is 7.10. The Bertz CT molecular complexity index is 1300. The molecule has 0 radical (unpaired) electrons. The summed E-state index contributed by atoms with van der Waals surface area (Å²) < 4.78 is 5.90. The number of carbonyl (C=O) groups excluding carboxylic acids is 2. The number of aliphatic hydroxyl groups is 2. The summed E-state index contributed by atoms with van der Waals surface area (Å²) in [6.07, 6.45) is 67.1. The molecule has 0 saturated carbocycles. The van der Waals surface area contributed by atoms with Crippen LogP contribution in [0, 0.1) is 0 Å². The minimum absolute atomic E-state index is 0.0296. The lowest BCUT2D eigenvalue weighted by molar-refractivity contribution is -0.151. The fraction of sp³-hybridized carbons (Fsp3) is 0.649. The SMILES string of the molecule is CC/C=C/C/C=C/C/C=C/C/C=C/CCCCCC(=O)OC(CCCCC/C=C/C=C/C=C/C=C/C=C/CCC)CC(=O)NC(CO)C(O)CCCCCCCCCCCCCC. The second kappa shape index (κ2) is 49.5. The van der Waals surface area contributed by atoms with Gasteiger partial charge in [0.1, 0.15) is 6.10 Å². The first kappa shape index (κ1) is 59.5. The molecule has 0 fully saturated rings. The smallest absolute Gasteiger partial charge is 0.306 e. The van der Waals surface area contributed by atoms with Gasteiger partial charge < -0.3 is 20.3 Å². The van der Waals surface area contributed by atoms with Gasteiger partial charge in [-0.15, -0.1) is 0 Å². The van der Waals surface area contributed by atoms with Crippen LogP contribution in [0.5, 0.6) is 0 Å². The van der Waals surface area contributed by atoms with Crippen LogP contribution in [0.2, 0.25) is 0 Å². The van der Waals surface area contributed by atoms with Gasteiger partial charge in [-0.2, -0.15) is 0 Å². The third kappa shape index (κ3) is 44.9. The molecule has 0 aliphatic rings. The lowest BCUT2D eigenvalue weighted by Gasteiger charge is -2.24. The average molecular weight is 874 g/mol. The number of carbonyl (C=O) groups is 2. The van der Waals surface area contributed by atoms with Crippen LogP contribution in [-0.4, -0.2) is 46.9 Å². The molecule has 0 aliphatic heterocycles. The Kier molecular flexibility index (Phi) is 46.8. The molecule has 0 aromatic rings. The van der Waals surface area contributed by atoms with Crippen molar-refractivity contribution in [2.24, 2.45) is 0 Å². The Morgan fingerprint density at radius 1 is 0.492 bits per heavy atom. The number of hydrogen-bond acceptors (Lipinski definition) is 5. The average Bonchev–Trinajstić information content (AvgIpc) is 3.28. The number of amides is 1. The molecule has 0 bridgehead atoms. The Hall–Kier alpha value is -3.48. The molecule has 0 saturated heterocycles. The van der Waals surface area contributed by atoms with Gasteiger partial charge >= 0.3 is 5.97 Å². The summed E-state index contributed by atoms with van der Waals surface area (Å²) in [5.41, 5.74) is 0. The van der Waals surface area contributed by atoms with Gasteiger partial charge in [0.25, 0.3) is 0 Å². The highest BCUT2D eigenvalue weighted by Gasteiger charge is 2.24. The van der Waals surface area contributed by atoms with Crippen LogP contribution in [0.1, 0.15) is 213 Å². The summed E-state index contributed by atoms with van der Waals surface area (Å²) in [4.78, 5) is 26.1. The van der Waals surface area contributed by atoms with Gasteiger partial charge in [0.15, 0.2) is 0 Å². The largest absolute Gasteiger partial charge is 0.462 e. The van der Waals surface area contributed by atoms with Crippen molar-refractivity contribution >= 4 is 11.9 Å². The molecule has 6 nitrogen and oxygen atoms in total. The Morgan fingerprint density at radius 2 is 0.952 bits per heavy atom. The minimum Gasteiger partial charge on any atom is -0.462 e. The summed E-state index contributed by atoms with van der Waals surface area (Å²) >= 11 is 0. The van der Waals surface area contributed by atoms with Crippen molar-refractivity contribution in [2.75, 3.05) is 6.61 Å². The van der Waals surface area contributed by atoms with E-state index in [0.717, 1.165) is 109 Å². The number of unbranched alkanes of at least 4 members (excludes halogenated alkanes) is 18. The second-order valence-corrected chi connectivity index (χ2v) is 17.0. The van der Waals surface area contributed by atoms with Gasteiger partial charge in [0, 0.05) is 6.42 Å². The van der Waals surface area contributed by atoms with Gasteiger partial charge in [-0.25, -0.2) is 0 Å². The molecule has 0 heterocycles. The number of aliphatic hydroxyl groups excluding tert-OH is 2. The maximum absolute atomic E-state index is 13.2. The first-order valence-corrected chi connectivity index (χ1v) is 25.7. The zero-order valence-electron chi connectivity index (χ0n) is 40.7.